The molecule has 0 aliphatic heterocycles. The zero-order valence-electron chi connectivity index (χ0n) is 11.5. The van der Waals surface area contributed by atoms with Crippen molar-refractivity contribution >= 4 is 0 Å². The number of aliphatic hydroxyl groups is 1. The molecule has 1 aliphatic carbocycles. The van der Waals surface area contributed by atoms with Crippen molar-refractivity contribution in [1.82, 2.24) is 0 Å². The summed E-state index contributed by atoms with van der Waals surface area (Å²) in [4.78, 5) is 0. The first-order valence-corrected chi connectivity index (χ1v) is 6.67. The molecule has 0 heterocycles. The predicted octanol–water partition coefficient (Wildman–Crippen LogP) is 4.09. The van der Waals surface area contributed by atoms with Crippen molar-refractivity contribution in [3.8, 4) is 0 Å². The van der Waals surface area contributed by atoms with Crippen LogP contribution < -0.4 is 0 Å². The van der Waals surface area contributed by atoms with Gasteiger partial charge in [0.2, 0.25) is 0 Å². The number of hydrogen-bond donors (Lipinski definition) is 1. The molecule has 0 spiro atoms. The first kappa shape index (κ1) is 12.6. The standard InChI is InChI=1S/C16H24O/c1-12-7-8-14(11-13(12)2)16(17)10-6-5-9-15(16,3)4/h7-8,11,17H,5-6,9-10H2,1-4H3. The topological polar surface area (TPSA) is 20.2 Å². The Bertz CT molecular complexity index is 420. The van der Waals surface area contributed by atoms with E-state index in [0.717, 1.165) is 24.8 Å². The summed E-state index contributed by atoms with van der Waals surface area (Å²) in [6, 6.07) is 6.41. The van der Waals surface area contributed by atoms with Gasteiger partial charge in [-0.3, -0.25) is 0 Å². The SMILES string of the molecule is Cc1ccc(C2(O)CCCCC2(C)C)cc1C. The Morgan fingerprint density at radius 3 is 2.24 bits per heavy atom. The Hall–Kier alpha value is -0.820. The number of hydrogen-bond acceptors (Lipinski definition) is 1. The lowest BCUT2D eigenvalue weighted by Gasteiger charge is -2.47. The molecule has 0 radical (unpaired) electrons. The molecule has 1 fully saturated rings. The first-order valence-electron chi connectivity index (χ1n) is 6.67. The molecule has 1 unspecified atom stereocenters. The highest BCUT2D eigenvalue weighted by molar-refractivity contribution is 5.34. The van der Waals surface area contributed by atoms with Gasteiger partial charge in [0.15, 0.2) is 0 Å². The normalized spacial score (nSPS) is 28.1. The molecule has 2 rings (SSSR count). The minimum Gasteiger partial charge on any atom is -0.385 e. The van der Waals surface area contributed by atoms with Gasteiger partial charge in [0.25, 0.3) is 0 Å². The summed E-state index contributed by atoms with van der Waals surface area (Å²) < 4.78 is 0. The van der Waals surface area contributed by atoms with Crippen molar-refractivity contribution in [2.75, 3.05) is 0 Å². The largest absolute Gasteiger partial charge is 0.385 e. The molecule has 94 valence electrons. The summed E-state index contributed by atoms with van der Waals surface area (Å²) in [5.74, 6) is 0. The van der Waals surface area contributed by atoms with Crippen LogP contribution in [0.15, 0.2) is 18.2 Å². The second-order valence-electron chi connectivity index (χ2n) is 6.25. The molecule has 1 heteroatoms. The molecular formula is C16H24O. The predicted molar refractivity (Wildman–Crippen MR) is 72.1 cm³/mol. The highest BCUT2D eigenvalue weighted by atomic mass is 16.3. The third kappa shape index (κ3) is 2.01. The van der Waals surface area contributed by atoms with E-state index in [-0.39, 0.29) is 5.41 Å². The fraction of sp³-hybridized carbons (Fsp3) is 0.625. The Morgan fingerprint density at radius 2 is 1.65 bits per heavy atom. The minimum absolute atomic E-state index is 0.0209. The minimum atomic E-state index is -0.649. The summed E-state index contributed by atoms with van der Waals surface area (Å²) >= 11 is 0. The fourth-order valence-electron chi connectivity index (χ4n) is 3.03. The molecule has 1 nitrogen and oxygen atoms in total. The molecule has 1 atom stereocenters. The van der Waals surface area contributed by atoms with Crippen LogP contribution in [0.25, 0.3) is 0 Å². The molecule has 1 aromatic rings. The Balaban J connectivity index is 2.45. The third-order valence-corrected chi connectivity index (χ3v) is 4.69. The lowest BCUT2D eigenvalue weighted by molar-refractivity contribution is -0.103. The molecule has 1 N–H and O–H groups in total. The molecule has 17 heavy (non-hydrogen) atoms. The van der Waals surface area contributed by atoms with Gasteiger partial charge in [-0.2, -0.15) is 0 Å². The third-order valence-electron chi connectivity index (χ3n) is 4.69. The highest BCUT2D eigenvalue weighted by Crippen LogP contribution is 2.50. The number of aryl methyl sites for hydroxylation is 2. The van der Waals surface area contributed by atoms with Crippen molar-refractivity contribution in [1.29, 1.82) is 0 Å². The van der Waals surface area contributed by atoms with Gasteiger partial charge in [-0.25, -0.2) is 0 Å². The number of benzene rings is 1. The monoisotopic (exact) mass is 232 g/mol. The van der Waals surface area contributed by atoms with Crippen molar-refractivity contribution in [3.05, 3.63) is 34.9 Å². The summed E-state index contributed by atoms with van der Waals surface area (Å²) in [6.07, 6.45) is 4.37. The van der Waals surface area contributed by atoms with Crippen LogP contribution in [0.5, 0.6) is 0 Å². The van der Waals surface area contributed by atoms with Crippen molar-refractivity contribution in [3.63, 3.8) is 0 Å². The molecule has 0 saturated heterocycles. The maximum absolute atomic E-state index is 11.1. The van der Waals surface area contributed by atoms with E-state index in [1.807, 2.05) is 0 Å². The van der Waals surface area contributed by atoms with Crippen LogP contribution in [0.4, 0.5) is 0 Å². The maximum atomic E-state index is 11.1. The van der Waals surface area contributed by atoms with Crippen LogP contribution in [0, 0.1) is 19.3 Å². The van der Waals surface area contributed by atoms with E-state index in [1.165, 1.54) is 17.5 Å². The summed E-state index contributed by atoms with van der Waals surface area (Å²) in [7, 11) is 0. The Kier molecular flexibility index (Phi) is 3.07. The van der Waals surface area contributed by atoms with Gasteiger partial charge in [-0.05, 0) is 48.8 Å². The summed E-state index contributed by atoms with van der Waals surface area (Å²) in [6.45, 7) is 8.63. The van der Waals surface area contributed by atoms with E-state index in [2.05, 4.69) is 45.9 Å². The van der Waals surface area contributed by atoms with Gasteiger partial charge in [-0.1, -0.05) is 44.9 Å². The highest BCUT2D eigenvalue weighted by Gasteiger charge is 2.46. The van der Waals surface area contributed by atoms with Gasteiger partial charge >= 0.3 is 0 Å². The van der Waals surface area contributed by atoms with Crippen molar-refractivity contribution in [2.24, 2.45) is 5.41 Å². The van der Waals surface area contributed by atoms with Gasteiger partial charge in [0.1, 0.15) is 0 Å². The zero-order valence-corrected chi connectivity index (χ0v) is 11.5. The van der Waals surface area contributed by atoms with E-state index in [9.17, 15) is 5.11 Å². The van der Waals surface area contributed by atoms with Crippen molar-refractivity contribution in [2.45, 2.75) is 59.0 Å². The molecular weight excluding hydrogens is 208 g/mol. The lowest BCUT2D eigenvalue weighted by atomic mass is 9.62. The average molecular weight is 232 g/mol. The van der Waals surface area contributed by atoms with Crippen LogP contribution in [-0.4, -0.2) is 5.11 Å². The van der Waals surface area contributed by atoms with Crippen LogP contribution in [-0.2, 0) is 5.60 Å². The van der Waals surface area contributed by atoms with Crippen LogP contribution >= 0.6 is 0 Å². The second kappa shape index (κ2) is 4.13. The Morgan fingerprint density at radius 1 is 1.00 bits per heavy atom. The molecule has 1 aliphatic rings. The van der Waals surface area contributed by atoms with E-state index >= 15 is 0 Å². The Labute approximate surface area is 105 Å². The van der Waals surface area contributed by atoms with E-state index in [1.54, 1.807) is 0 Å². The van der Waals surface area contributed by atoms with Crippen LogP contribution in [0.2, 0.25) is 0 Å². The number of rotatable bonds is 1. The molecule has 0 bridgehead atoms. The lowest BCUT2D eigenvalue weighted by Crippen LogP contribution is -2.44. The second-order valence-corrected chi connectivity index (χ2v) is 6.25. The van der Waals surface area contributed by atoms with Gasteiger partial charge in [0, 0.05) is 0 Å². The van der Waals surface area contributed by atoms with Gasteiger partial charge < -0.3 is 5.11 Å². The van der Waals surface area contributed by atoms with E-state index in [4.69, 9.17) is 0 Å². The molecule has 1 aromatic carbocycles. The molecule has 0 amide bonds. The van der Waals surface area contributed by atoms with Gasteiger partial charge in [0.05, 0.1) is 5.60 Å². The summed E-state index contributed by atoms with van der Waals surface area (Å²) in [5, 5.41) is 11.1. The van der Waals surface area contributed by atoms with Crippen LogP contribution in [0.1, 0.15) is 56.2 Å². The fourth-order valence-corrected chi connectivity index (χ4v) is 3.03. The maximum Gasteiger partial charge on any atom is 0.0947 e. The smallest absolute Gasteiger partial charge is 0.0947 e. The molecule has 0 aromatic heterocycles. The summed E-state index contributed by atoms with van der Waals surface area (Å²) in [5.41, 5.74) is 3.00. The van der Waals surface area contributed by atoms with E-state index < -0.39 is 5.60 Å². The van der Waals surface area contributed by atoms with E-state index in [0.29, 0.717) is 0 Å². The van der Waals surface area contributed by atoms with Gasteiger partial charge in [-0.15, -0.1) is 0 Å². The average Bonchev–Trinajstić information content (AvgIpc) is 2.26. The molecule has 1 saturated carbocycles. The quantitative estimate of drug-likeness (QED) is 0.773. The van der Waals surface area contributed by atoms with Crippen LogP contribution in [0.3, 0.4) is 0 Å². The zero-order chi connectivity index (χ0) is 12.7. The van der Waals surface area contributed by atoms with Crippen molar-refractivity contribution < 1.29 is 5.11 Å². The first-order chi connectivity index (χ1) is 7.87.